The number of hydrogen-bond donors (Lipinski definition) is 2. The van der Waals surface area contributed by atoms with Gasteiger partial charge in [-0.25, -0.2) is 0 Å². The highest BCUT2D eigenvalue weighted by Crippen LogP contribution is 2.28. The van der Waals surface area contributed by atoms with Crippen molar-refractivity contribution in [3.05, 3.63) is 0 Å². The number of likely N-dealkylation sites (tertiary alicyclic amines) is 1. The number of hydrogen-bond acceptors (Lipinski definition) is 3. The molecule has 0 radical (unpaired) electrons. The first-order valence-corrected chi connectivity index (χ1v) is 7.96. The van der Waals surface area contributed by atoms with Gasteiger partial charge in [0.15, 0.2) is 0 Å². The van der Waals surface area contributed by atoms with Crippen LogP contribution in [0.25, 0.3) is 0 Å². The molecular formula is C15H30N2O. The summed E-state index contributed by atoms with van der Waals surface area (Å²) in [5.74, 6) is 0.798. The maximum absolute atomic E-state index is 9.95. The summed E-state index contributed by atoms with van der Waals surface area (Å²) in [5, 5.41) is 13.4. The van der Waals surface area contributed by atoms with Crippen LogP contribution in [0.15, 0.2) is 0 Å². The lowest BCUT2D eigenvalue weighted by atomic mass is 10.0. The Labute approximate surface area is 112 Å². The zero-order valence-corrected chi connectivity index (χ0v) is 11.7. The van der Waals surface area contributed by atoms with Crippen molar-refractivity contribution in [3.63, 3.8) is 0 Å². The minimum Gasteiger partial charge on any atom is -0.392 e. The highest BCUT2D eigenvalue weighted by atomic mass is 16.3. The van der Waals surface area contributed by atoms with Crippen molar-refractivity contribution in [2.75, 3.05) is 32.7 Å². The number of nitrogens with one attached hydrogen (secondary N) is 1. The maximum Gasteiger partial charge on any atom is 0.0667 e. The van der Waals surface area contributed by atoms with Crippen LogP contribution in [0.2, 0.25) is 0 Å². The molecule has 2 N–H and O–H groups in total. The summed E-state index contributed by atoms with van der Waals surface area (Å²) in [6.45, 7) is 5.66. The fourth-order valence-electron chi connectivity index (χ4n) is 3.42. The molecule has 1 saturated carbocycles. The number of nitrogens with zero attached hydrogens (tertiary/aromatic N) is 1. The largest absolute Gasteiger partial charge is 0.392 e. The molecule has 0 aromatic heterocycles. The van der Waals surface area contributed by atoms with Crippen molar-refractivity contribution in [3.8, 4) is 0 Å². The Balaban J connectivity index is 1.42. The number of aliphatic hydroxyl groups excluding tert-OH is 1. The second-order valence-electron chi connectivity index (χ2n) is 6.15. The van der Waals surface area contributed by atoms with Gasteiger partial charge in [-0.1, -0.05) is 25.7 Å². The topological polar surface area (TPSA) is 35.5 Å². The molecule has 106 valence electrons. The zero-order chi connectivity index (χ0) is 12.6. The van der Waals surface area contributed by atoms with Crippen molar-refractivity contribution in [2.24, 2.45) is 5.92 Å². The van der Waals surface area contributed by atoms with Gasteiger partial charge in [0.05, 0.1) is 6.10 Å². The first-order valence-electron chi connectivity index (χ1n) is 7.96. The van der Waals surface area contributed by atoms with Crippen LogP contribution in [0, 0.1) is 5.92 Å². The second kappa shape index (κ2) is 8.13. The van der Waals surface area contributed by atoms with Crippen LogP contribution in [-0.2, 0) is 0 Å². The molecule has 0 aromatic carbocycles. The van der Waals surface area contributed by atoms with E-state index in [1.165, 1.54) is 64.6 Å². The first-order chi connectivity index (χ1) is 8.84. The van der Waals surface area contributed by atoms with Crippen molar-refractivity contribution in [2.45, 2.75) is 57.5 Å². The molecule has 3 nitrogen and oxygen atoms in total. The predicted molar refractivity (Wildman–Crippen MR) is 75.7 cm³/mol. The van der Waals surface area contributed by atoms with Gasteiger partial charge in [0, 0.05) is 6.54 Å². The monoisotopic (exact) mass is 254 g/mol. The molecule has 1 saturated heterocycles. The van der Waals surface area contributed by atoms with Crippen LogP contribution < -0.4 is 5.32 Å². The van der Waals surface area contributed by atoms with Gasteiger partial charge < -0.3 is 15.3 Å². The molecule has 1 heterocycles. The smallest absolute Gasteiger partial charge is 0.0667 e. The SMILES string of the molecule is OC(CNCCCN1CCCC1)CC1CCCC1. The first kappa shape index (κ1) is 14.3. The predicted octanol–water partition coefficient (Wildman–Crippen LogP) is 2.00. The molecule has 1 aliphatic carbocycles. The van der Waals surface area contributed by atoms with Crippen LogP contribution in [0.1, 0.15) is 51.4 Å². The van der Waals surface area contributed by atoms with E-state index in [9.17, 15) is 5.11 Å². The summed E-state index contributed by atoms with van der Waals surface area (Å²) in [4.78, 5) is 2.55. The quantitative estimate of drug-likeness (QED) is 0.650. The Morgan fingerprint density at radius 3 is 2.56 bits per heavy atom. The molecule has 3 heteroatoms. The fraction of sp³-hybridized carbons (Fsp3) is 1.00. The maximum atomic E-state index is 9.95. The summed E-state index contributed by atoms with van der Waals surface area (Å²) in [5.41, 5.74) is 0. The summed E-state index contributed by atoms with van der Waals surface area (Å²) in [7, 11) is 0. The van der Waals surface area contributed by atoms with Gasteiger partial charge >= 0.3 is 0 Å². The Morgan fingerprint density at radius 1 is 1.11 bits per heavy atom. The molecule has 2 rings (SSSR count). The average Bonchev–Trinajstić information content (AvgIpc) is 3.01. The Hall–Kier alpha value is -0.120. The van der Waals surface area contributed by atoms with Gasteiger partial charge in [0.2, 0.25) is 0 Å². The molecule has 0 bridgehead atoms. The lowest BCUT2D eigenvalue weighted by Gasteiger charge is -2.17. The van der Waals surface area contributed by atoms with E-state index in [1.54, 1.807) is 0 Å². The van der Waals surface area contributed by atoms with Crippen LogP contribution >= 0.6 is 0 Å². The van der Waals surface area contributed by atoms with E-state index in [2.05, 4.69) is 10.2 Å². The second-order valence-corrected chi connectivity index (χ2v) is 6.15. The molecule has 0 aromatic rings. The summed E-state index contributed by atoms with van der Waals surface area (Å²) < 4.78 is 0. The lowest BCUT2D eigenvalue weighted by molar-refractivity contribution is 0.140. The molecule has 1 unspecified atom stereocenters. The lowest BCUT2D eigenvalue weighted by Crippen LogP contribution is -2.31. The zero-order valence-electron chi connectivity index (χ0n) is 11.7. The van der Waals surface area contributed by atoms with Gasteiger partial charge in [0.1, 0.15) is 0 Å². The van der Waals surface area contributed by atoms with Crippen LogP contribution in [0.5, 0.6) is 0 Å². The van der Waals surface area contributed by atoms with E-state index in [0.717, 1.165) is 25.4 Å². The van der Waals surface area contributed by atoms with Gasteiger partial charge in [-0.15, -0.1) is 0 Å². The Morgan fingerprint density at radius 2 is 1.83 bits per heavy atom. The molecule has 1 aliphatic heterocycles. The third-order valence-electron chi connectivity index (χ3n) is 4.49. The highest BCUT2D eigenvalue weighted by Gasteiger charge is 2.18. The highest BCUT2D eigenvalue weighted by molar-refractivity contribution is 4.72. The molecule has 0 spiro atoms. The molecular weight excluding hydrogens is 224 g/mol. The number of aliphatic hydroxyl groups is 1. The van der Waals surface area contributed by atoms with Crippen LogP contribution in [0.3, 0.4) is 0 Å². The molecule has 18 heavy (non-hydrogen) atoms. The minimum atomic E-state index is -0.125. The molecule has 0 amide bonds. The van der Waals surface area contributed by atoms with E-state index >= 15 is 0 Å². The van der Waals surface area contributed by atoms with Gasteiger partial charge in [-0.05, 0) is 57.8 Å². The van der Waals surface area contributed by atoms with Crippen LogP contribution in [0.4, 0.5) is 0 Å². The van der Waals surface area contributed by atoms with E-state index in [1.807, 2.05) is 0 Å². The fourth-order valence-corrected chi connectivity index (χ4v) is 3.42. The number of rotatable bonds is 8. The normalized spacial score (nSPS) is 23.8. The van der Waals surface area contributed by atoms with Crippen LogP contribution in [-0.4, -0.2) is 48.8 Å². The van der Waals surface area contributed by atoms with Gasteiger partial charge in [-0.3, -0.25) is 0 Å². The Kier molecular flexibility index (Phi) is 6.46. The minimum absolute atomic E-state index is 0.125. The third kappa shape index (κ3) is 5.25. The molecule has 2 fully saturated rings. The van der Waals surface area contributed by atoms with E-state index in [0.29, 0.717) is 0 Å². The molecule has 2 aliphatic rings. The average molecular weight is 254 g/mol. The summed E-state index contributed by atoms with van der Waals surface area (Å²) in [6, 6.07) is 0. The third-order valence-corrected chi connectivity index (χ3v) is 4.49. The standard InChI is InChI=1S/C15H30N2O/c18-15(12-14-6-1-2-7-14)13-16-8-5-11-17-9-3-4-10-17/h14-16,18H,1-13H2. The van der Waals surface area contributed by atoms with E-state index < -0.39 is 0 Å². The van der Waals surface area contributed by atoms with Crippen molar-refractivity contribution in [1.29, 1.82) is 0 Å². The van der Waals surface area contributed by atoms with Crippen molar-refractivity contribution < 1.29 is 5.11 Å². The van der Waals surface area contributed by atoms with Gasteiger partial charge in [0.25, 0.3) is 0 Å². The summed E-state index contributed by atoms with van der Waals surface area (Å²) >= 11 is 0. The van der Waals surface area contributed by atoms with E-state index in [4.69, 9.17) is 0 Å². The van der Waals surface area contributed by atoms with Crippen molar-refractivity contribution >= 4 is 0 Å². The van der Waals surface area contributed by atoms with Gasteiger partial charge in [-0.2, -0.15) is 0 Å². The van der Waals surface area contributed by atoms with E-state index in [-0.39, 0.29) is 6.10 Å². The molecule has 1 atom stereocenters. The summed E-state index contributed by atoms with van der Waals surface area (Å²) in [6.07, 6.45) is 10.3. The van der Waals surface area contributed by atoms with Crippen molar-refractivity contribution in [1.82, 2.24) is 10.2 Å². The Bertz CT molecular complexity index is 211.